The Balaban J connectivity index is 1.75. The Morgan fingerprint density at radius 2 is 1.77 bits per heavy atom. The fourth-order valence-corrected chi connectivity index (χ4v) is 7.58. The molecule has 1 heterocycles. The van der Waals surface area contributed by atoms with Crippen LogP contribution in [-0.2, 0) is 19.3 Å². The maximum atomic E-state index is 2.41. The van der Waals surface area contributed by atoms with E-state index in [1.807, 2.05) is 10.8 Å². The molecule has 0 amide bonds. The second-order valence-electron chi connectivity index (χ2n) is 6.76. The minimum absolute atomic E-state index is 0.638. The fraction of sp³-hybridized carbons (Fsp3) is 0.400. The summed E-state index contributed by atoms with van der Waals surface area (Å²) in [6, 6.07) is 14.0. The smallest absolute Gasteiger partial charge is 0.0268 e. The molecule has 0 N–H and O–H groups in total. The molecule has 2 aromatic carbocycles. The summed E-state index contributed by atoms with van der Waals surface area (Å²) in [6.45, 7) is 0. The summed E-state index contributed by atoms with van der Waals surface area (Å²) >= 11 is 0. The normalized spacial score (nSPS) is 25.6. The lowest BCUT2D eigenvalue weighted by atomic mass is 9.74. The van der Waals surface area contributed by atoms with Gasteiger partial charge in [-0.05, 0) is 72.4 Å². The van der Waals surface area contributed by atoms with Crippen molar-refractivity contribution in [1.82, 2.24) is 0 Å². The third-order valence-electron chi connectivity index (χ3n) is 5.57. The molecule has 1 aliphatic heterocycles. The van der Waals surface area contributed by atoms with Crippen LogP contribution in [0.2, 0.25) is 0 Å². The molecule has 2 heteroatoms. The highest BCUT2D eigenvalue weighted by molar-refractivity contribution is 8.77. The number of fused-ring (bicyclic) bond motifs is 7. The Morgan fingerprint density at radius 3 is 2.77 bits per heavy atom. The van der Waals surface area contributed by atoms with Crippen molar-refractivity contribution in [3.05, 3.63) is 64.2 Å². The molecule has 2 atom stereocenters. The Kier molecular flexibility index (Phi) is 3.30. The highest BCUT2D eigenvalue weighted by Crippen LogP contribution is 2.56. The number of hydrogen-bond donors (Lipinski definition) is 0. The molecule has 0 nitrogen and oxygen atoms in total. The van der Waals surface area contributed by atoms with E-state index < -0.39 is 0 Å². The molecule has 2 aliphatic carbocycles. The molecule has 0 aromatic heterocycles. The molecule has 0 fully saturated rings. The van der Waals surface area contributed by atoms with Crippen LogP contribution >= 0.6 is 21.6 Å². The molecule has 112 valence electrons. The van der Waals surface area contributed by atoms with Gasteiger partial charge in [0.1, 0.15) is 0 Å². The van der Waals surface area contributed by atoms with Crippen molar-refractivity contribution in [3.63, 3.8) is 0 Å². The number of hydrogen-bond acceptors (Lipinski definition) is 2. The van der Waals surface area contributed by atoms with Crippen LogP contribution in [0, 0.1) is 0 Å². The first-order chi connectivity index (χ1) is 10.9. The van der Waals surface area contributed by atoms with Crippen molar-refractivity contribution in [2.75, 3.05) is 0 Å². The van der Waals surface area contributed by atoms with Crippen LogP contribution in [0.1, 0.15) is 53.0 Å². The van der Waals surface area contributed by atoms with Gasteiger partial charge in [-0.15, -0.1) is 0 Å². The van der Waals surface area contributed by atoms with Gasteiger partial charge in [0.15, 0.2) is 0 Å². The third kappa shape index (κ3) is 2.00. The molecule has 22 heavy (non-hydrogen) atoms. The van der Waals surface area contributed by atoms with Crippen molar-refractivity contribution < 1.29 is 0 Å². The van der Waals surface area contributed by atoms with E-state index in [1.165, 1.54) is 38.5 Å². The van der Waals surface area contributed by atoms with Crippen molar-refractivity contribution in [1.29, 1.82) is 0 Å². The van der Waals surface area contributed by atoms with Gasteiger partial charge in [-0.3, -0.25) is 0 Å². The molecule has 5 rings (SSSR count). The number of rotatable bonds is 0. The van der Waals surface area contributed by atoms with Gasteiger partial charge in [0, 0.05) is 16.1 Å². The summed E-state index contributed by atoms with van der Waals surface area (Å²) in [7, 11) is 4.16. The van der Waals surface area contributed by atoms with Crippen LogP contribution in [0.3, 0.4) is 0 Å². The van der Waals surface area contributed by atoms with Crippen LogP contribution in [-0.4, -0.2) is 5.25 Å². The van der Waals surface area contributed by atoms with Crippen LogP contribution in [0.5, 0.6) is 0 Å². The van der Waals surface area contributed by atoms with Gasteiger partial charge in [-0.1, -0.05) is 51.9 Å². The van der Waals surface area contributed by atoms with Gasteiger partial charge in [-0.25, -0.2) is 0 Å². The molecule has 0 bridgehead atoms. The number of aryl methyl sites for hydroxylation is 2. The predicted molar refractivity (Wildman–Crippen MR) is 96.9 cm³/mol. The second-order valence-corrected chi connectivity index (χ2v) is 9.24. The first kappa shape index (κ1) is 13.6. The first-order valence-electron chi connectivity index (χ1n) is 8.47. The molecule has 0 unspecified atom stereocenters. The summed E-state index contributed by atoms with van der Waals surface area (Å²) in [5.74, 6) is 0.638. The van der Waals surface area contributed by atoms with Crippen molar-refractivity contribution in [3.8, 4) is 0 Å². The van der Waals surface area contributed by atoms with E-state index in [2.05, 4.69) is 47.2 Å². The summed E-state index contributed by atoms with van der Waals surface area (Å²) in [6.07, 6.45) is 7.94. The Hall–Kier alpha value is -0.860. The van der Waals surface area contributed by atoms with Crippen molar-refractivity contribution in [2.24, 2.45) is 0 Å². The molecule has 0 spiro atoms. The molecule has 2 aromatic rings. The molecular formula is C20H20S2. The van der Waals surface area contributed by atoms with Gasteiger partial charge in [-0.2, -0.15) is 0 Å². The average molecular weight is 325 g/mol. The fourth-order valence-electron chi connectivity index (χ4n) is 4.54. The summed E-state index contributed by atoms with van der Waals surface area (Å²) < 4.78 is 0. The van der Waals surface area contributed by atoms with Gasteiger partial charge in [0.05, 0.1) is 0 Å². The van der Waals surface area contributed by atoms with Crippen LogP contribution in [0.15, 0.2) is 41.3 Å². The lowest BCUT2D eigenvalue weighted by Crippen LogP contribution is -2.27. The van der Waals surface area contributed by atoms with E-state index in [0.29, 0.717) is 5.92 Å². The highest BCUT2D eigenvalue weighted by atomic mass is 33.1. The maximum Gasteiger partial charge on any atom is 0.0268 e. The van der Waals surface area contributed by atoms with E-state index in [-0.39, 0.29) is 0 Å². The zero-order chi connectivity index (χ0) is 14.5. The molecule has 0 saturated carbocycles. The third-order valence-corrected chi connectivity index (χ3v) is 8.53. The lowest BCUT2D eigenvalue weighted by molar-refractivity contribution is 0.605. The standard InChI is InChI=1S/C20H20S2/c1-3-7-15-13(5-1)9-11-17-19(15)20-16-8-4-2-6-14(16)10-12-18(20)22-21-17/h1,3,5,7,10,12,17,19H,2,4,6,8-9,11H2/t17-,19+/m1/s1. The monoisotopic (exact) mass is 324 g/mol. The number of benzene rings is 2. The lowest BCUT2D eigenvalue weighted by Gasteiger charge is -2.39. The first-order valence-corrected chi connectivity index (χ1v) is 10.7. The van der Waals surface area contributed by atoms with E-state index >= 15 is 0 Å². The SMILES string of the molecule is c1ccc2c(c1)CC[C@H]1SSc3ccc4c(c3[C@@H]21)CCCC4. The average Bonchev–Trinajstić information content (AvgIpc) is 2.60. The van der Waals surface area contributed by atoms with Crippen LogP contribution in [0.25, 0.3) is 0 Å². The van der Waals surface area contributed by atoms with Crippen LogP contribution < -0.4 is 0 Å². The molecule has 0 saturated heterocycles. The van der Waals surface area contributed by atoms with Crippen molar-refractivity contribution in [2.45, 2.75) is 54.6 Å². The summed E-state index contributed by atoms with van der Waals surface area (Å²) in [5.41, 5.74) is 8.27. The van der Waals surface area contributed by atoms with Gasteiger partial charge in [0.2, 0.25) is 0 Å². The zero-order valence-corrected chi connectivity index (χ0v) is 14.3. The molecule has 3 aliphatic rings. The second kappa shape index (κ2) is 5.35. The van der Waals surface area contributed by atoms with E-state index in [9.17, 15) is 0 Å². The van der Waals surface area contributed by atoms with Gasteiger partial charge in [0.25, 0.3) is 0 Å². The Morgan fingerprint density at radius 1 is 0.864 bits per heavy atom. The molecular weight excluding hydrogens is 304 g/mol. The van der Waals surface area contributed by atoms with Gasteiger partial charge >= 0.3 is 0 Å². The van der Waals surface area contributed by atoms with E-state index in [4.69, 9.17) is 0 Å². The quantitative estimate of drug-likeness (QED) is 0.565. The van der Waals surface area contributed by atoms with E-state index in [1.54, 1.807) is 32.7 Å². The Labute approximate surface area is 140 Å². The summed E-state index contributed by atoms with van der Waals surface area (Å²) in [5, 5.41) is 0.765. The topological polar surface area (TPSA) is 0 Å². The predicted octanol–water partition coefficient (Wildman–Crippen LogP) is 5.77. The Bertz CT molecular complexity index is 734. The maximum absolute atomic E-state index is 2.41. The minimum atomic E-state index is 0.638. The minimum Gasteiger partial charge on any atom is -0.0845 e. The molecule has 0 radical (unpaired) electrons. The van der Waals surface area contributed by atoms with E-state index in [0.717, 1.165) is 5.25 Å². The zero-order valence-electron chi connectivity index (χ0n) is 12.7. The largest absolute Gasteiger partial charge is 0.0845 e. The highest BCUT2D eigenvalue weighted by Gasteiger charge is 2.38. The summed E-state index contributed by atoms with van der Waals surface area (Å²) in [4.78, 5) is 1.55. The van der Waals surface area contributed by atoms with Crippen LogP contribution in [0.4, 0.5) is 0 Å². The van der Waals surface area contributed by atoms with Crippen molar-refractivity contribution >= 4 is 21.6 Å². The van der Waals surface area contributed by atoms with Gasteiger partial charge < -0.3 is 0 Å².